The molecule has 3 rings (SSSR count). The maximum atomic E-state index is 12.3. The van der Waals surface area contributed by atoms with Crippen LogP contribution in [0.5, 0.6) is 0 Å². The van der Waals surface area contributed by atoms with Gasteiger partial charge in [0, 0.05) is 11.1 Å². The monoisotopic (exact) mass is 403 g/mol. The molecule has 3 aromatic rings. The van der Waals surface area contributed by atoms with E-state index in [1.165, 1.54) is 24.3 Å². The Bertz CT molecular complexity index is 1050. The van der Waals surface area contributed by atoms with Gasteiger partial charge >= 0.3 is 12.1 Å². The van der Waals surface area contributed by atoms with E-state index in [-0.39, 0.29) is 11.5 Å². The van der Waals surface area contributed by atoms with Crippen LogP contribution in [-0.2, 0) is 4.74 Å². The summed E-state index contributed by atoms with van der Waals surface area (Å²) in [6.07, 6.45) is -1.40. The molecule has 0 bridgehead atoms. The molecule has 7 heteroatoms. The fourth-order valence-corrected chi connectivity index (χ4v) is 2.79. The van der Waals surface area contributed by atoms with E-state index < -0.39 is 18.2 Å². The number of nitrogens with two attached hydrogens (primary N) is 1. The van der Waals surface area contributed by atoms with E-state index >= 15 is 0 Å². The number of rotatable bonds is 5. The number of nitrogens with one attached hydrogen (secondary N) is 2. The van der Waals surface area contributed by atoms with Crippen LogP contribution in [-0.4, -0.2) is 24.1 Å². The zero-order valence-electron chi connectivity index (χ0n) is 16.3. The zero-order valence-corrected chi connectivity index (χ0v) is 16.3. The molecule has 1 atom stereocenters. The van der Waals surface area contributed by atoms with E-state index in [1.807, 2.05) is 42.5 Å². The van der Waals surface area contributed by atoms with Crippen molar-refractivity contribution in [2.45, 2.75) is 13.1 Å². The van der Waals surface area contributed by atoms with Crippen LogP contribution in [0.1, 0.15) is 27.6 Å². The first kappa shape index (κ1) is 20.8. The summed E-state index contributed by atoms with van der Waals surface area (Å²) in [5.74, 6) is -1.19. The number of anilines is 1. The van der Waals surface area contributed by atoms with Crippen molar-refractivity contribution in [3.8, 4) is 11.1 Å². The van der Waals surface area contributed by atoms with Gasteiger partial charge in [0.1, 0.15) is 0 Å². The number of ether oxygens (including phenoxy) is 1. The molecule has 0 fully saturated rings. The third kappa shape index (κ3) is 5.30. The minimum atomic E-state index is -0.901. The smallest absolute Gasteiger partial charge is 0.372 e. The summed E-state index contributed by atoms with van der Waals surface area (Å²) < 4.78 is 4.89. The lowest BCUT2D eigenvalue weighted by Crippen LogP contribution is -2.38. The number of hydrogen-bond donors (Lipinski definition) is 3. The molecule has 2 amide bonds. The van der Waals surface area contributed by atoms with Crippen molar-refractivity contribution < 1.29 is 19.1 Å². The Labute approximate surface area is 173 Å². The molecule has 0 aliphatic heterocycles. The van der Waals surface area contributed by atoms with Crippen molar-refractivity contribution >= 4 is 23.7 Å². The van der Waals surface area contributed by atoms with Crippen LogP contribution in [0.25, 0.3) is 11.1 Å². The first-order chi connectivity index (χ1) is 14.4. The number of benzene rings is 3. The maximum Gasteiger partial charge on any atom is 0.419 e. The van der Waals surface area contributed by atoms with Crippen LogP contribution < -0.4 is 16.4 Å². The first-order valence-electron chi connectivity index (χ1n) is 9.28. The summed E-state index contributed by atoms with van der Waals surface area (Å²) in [6.45, 7) is 1.64. The minimum absolute atomic E-state index is 0.138. The molecule has 0 aromatic heterocycles. The van der Waals surface area contributed by atoms with Crippen molar-refractivity contribution in [2.75, 3.05) is 5.32 Å². The van der Waals surface area contributed by atoms with Gasteiger partial charge in [-0.2, -0.15) is 0 Å². The number of carbonyl (C=O) groups is 3. The van der Waals surface area contributed by atoms with Gasteiger partial charge in [-0.1, -0.05) is 48.5 Å². The van der Waals surface area contributed by atoms with Gasteiger partial charge in [-0.3, -0.25) is 10.1 Å². The molecule has 4 N–H and O–H groups in total. The maximum absolute atomic E-state index is 12.3. The fraction of sp³-hybridized carbons (Fsp3) is 0.0870. The van der Waals surface area contributed by atoms with Crippen molar-refractivity contribution in [1.82, 2.24) is 5.32 Å². The van der Waals surface area contributed by atoms with E-state index in [1.54, 1.807) is 19.1 Å². The topological polar surface area (TPSA) is 111 Å². The Hall–Kier alpha value is -3.97. The summed E-state index contributed by atoms with van der Waals surface area (Å²) in [6, 6.07) is 22.5. The van der Waals surface area contributed by atoms with Crippen molar-refractivity contribution in [2.24, 2.45) is 5.73 Å². The highest BCUT2D eigenvalue weighted by molar-refractivity contribution is 6.02. The first-order valence-corrected chi connectivity index (χ1v) is 9.28. The van der Waals surface area contributed by atoms with E-state index in [9.17, 15) is 14.4 Å². The van der Waals surface area contributed by atoms with Crippen LogP contribution in [0.2, 0.25) is 0 Å². The molecule has 0 spiro atoms. The molecule has 7 nitrogen and oxygen atoms in total. The molecule has 0 heterocycles. The van der Waals surface area contributed by atoms with Gasteiger partial charge in [-0.25, -0.2) is 9.59 Å². The summed E-state index contributed by atoms with van der Waals surface area (Å²) in [5, 5.41) is 5.15. The van der Waals surface area contributed by atoms with Gasteiger partial charge in [-0.05, 0) is 42.8 Å². The average molecular weight is 403 g/mol. The molecule has 0 saturated carbocycles. The van der Waals surface area contributed by atoms with E-state index in [0.717, 1.165) is 11.1 Å². The second-order valence-electron chi connectivity index (χ2n) is 6.55. The van der Waals surface area contributed by atoms with Gasteiger partial charge in [-0.15, -0.1) is 0 Å². The lowest BCUT2D eigenvalue weighted by Gasteiger charge is -2.11. The Morgan fingerprint density at radius 3 is 2.10 bits per heavy atom. The van der Waals surface area contributed by atoms with Gasteiger partial charge < -0.3 is 15.8 Å². The standard InChI is InChI=1S/C23H21N3O4/c1-15(24)25-21(27)17-11-13-18(14-12-17)22(28)30-23(29)26-20-10-6-5-9-19(20)16-7-3-2-4-8-16/h2-15H,24H2,1H3,(H,25,27)(H,26,29). The van der Waals surface area contributed by atoms with E-state index in [2.05, 4.69) is 10.6 Å². The van der Waals surface area contributed by atoms with Crippen molar-refractivity contribution in [3.05, 3.63) is 90.0 Å². The molecule has 0 aliphatic rings. The average Bonchev–Trinajstić information content (AvgIpc) is 2.74. The molecule has 152 valence electrons. The van der Waals surface area contributed by atoms with Crippen molar-refractivity contribution in [1.29, 1.82) is 0 Å². The lowest BCUT2D eigenvalue weighted by atomic mass is 10.0. The predicted molar refractivity (Wildman–Crippen MR) is 114 cm³/mol. The zero-order chi connectivity index (χ0) is 21.5. The quantitative estimate of drug-likeness (QED) is 0.341. The molecular formula is C23H21N3O4. The number of carbonyl (C=O) groups excluding carboxylic acids is 3. The highest BCUT2D eigenvalue weighted by Crippen LogP contribution is 2.27. The summed E-state index contributed by atoms with van der Waals surface area (Å²) in [7, 11) is 0. The highest BCUT2D eigenvalue weighted by atomic mass is 16.6. The normalized spacial score (nSPS) is 11.3. The van der Waals surface area contributed by atoms with Crippen molar-refractivity contribution in [3.63, 3.8) is 0 Å². The molecule has 3 aromatic carbocycles. The molecule has 0 saturated heterocycles. The molecular weight excluding hydrogens is 382 g/mol. The van der Waals surface area contributed by atoms with Crippen LogP contribution in [0.4, 0.5) is 10.5 Å². The third-order valence-electron chi connectivity index (χ3n) is 4.18. The number of esters is 1. The lowest BCUT2D eigenvalue weighted by molar-refractivity contribution is 0.0644. The Balaban J connectivity index is 1.66. The minimum Gasteiger partial charge on any atom is -0.372 e. The van der Waals surface area contributed by atoms with E-state index in [4.69, 9.17) is 10.5 Å². The second-order valence-corrected chi connectivity index (χ2v) is 6.55. The second kappa shape index (κ2) is 9.49. The molecule has 0 radical (unpaired) electrons. The van der Waals surface area contributed by atoms with Crippen LogP contribution in [0.15, 0.2) is 78.9 Å². The van der Waals surface area contributed by atoms with E-state index in [0.29, 0.717) is 11.3 Å². The number of para-hydroxylation sites is 1. The SMILES string of the molecule is CC(N)NC(=O)c1ccc(C(=O)OC(=O)Nc2ccccc2-c2ccccc2)cc1. The van der Waals surface area contributed by atoms with Crippen LogP contribution >= 0.6 is 0 Å². The molecule has 1 unspecified atom stereocenters. The van der Waals surface area contributed by atoms with Crippen LogP contribution in [0, 0.1) is 0 Å². The Kier molecular flexibility index (Phi) is 6.56. The number of hydrogen-bond acceptors (Lipinski definition) is 5. The molecule has 30 heavy (non-hydrogen) atoms. The largest absolute Gasteiger partial charge is 0.419 e. The van der Waals surface area contributed by atoms with Gasteiger partial charge in [0.2, 0.25) is 0 Å². The van der Waals surface area contributed by atoms with Crippen LogP contribution in [0.3, 0.4) is 0 Å². The Morgan fingerprint density at radius 1 is 0.833 bits per heavy atom. The third-order valence-corrected chi connectivity index (χ3v) is 4.18. The fourth-order valence-electron chi connectivity index (χ4n) is 2.79. The van der Waals surface area contributed by atoms with Gasteiger partial charge in [0.25, 0.3) is 5.91 Å². The molecule has 0 aliphatic carbocycles. The summed E-state index contributed by atoms with van der Waals surface area (Å²) in [4.78, 5) is 36.4. The highest BCUT2D eigenvalue weighted by Gasteiger charge is 2.16. The Morgan fingerprint density at radius 2 is 1.43 bits per heavy atom. The van der Waals surface area contributed by atoms with Gasteiger partial charge in [0.05, 0.1) is 17.4 Å². The summed E-state index contributed by atoms with van der Waals surface area (Å²) >= 11 is 0. The summed E-state index contributed by atoms with van der Waals surface area (Å²) in [5.41, 5.74) is 8.23. The number of amides is 2. The predicted octanol–water partition coefficient (Wildman–Crippen LogP) is 3.78. The van der Waals surface area contributed by atoms with Gasteiger partial charge in [0.15, 0.2) is 0 Å².